The quantitative estimate of drug-likeness (QED) is 0.358. The molecule has 146 valence electrons. The van der Waals surface area contributed by atoms with E-state index in [1.54, 1.807) is 0 Å². The Labute approximate surface area is 179 Å². The number of fused-ring (bicyclic) bond motifs is 1. The van der Waals surface area contributed by atoms with Crippen LogP contribution in [-0.4, -0.2) is 10.9 Å². The first-order chi connectivity index (χ1) is 14.1. The van der Waals surface area contributed by atoms with E-state index in [0.717, 1.165) is 33.6 Å². The Bertz CT molecular complexity index is 1150. The summed E-state index contributed by atoms with van der Waals surface area (Å²) in [6.45, 7) is 2.19. The van der Waals surface area contributed by atoms with Gasteiger partial charge in [-0.1, -0.05) is 55.3 Å². The van der Waals surface area contributed by atoms with E-state index in [-0.39, 0.29) is 5.91 Å². The van der Waals surface area contributed by atoms with Crippen LogP contribution < -0.4 is 5.32 Å². The molecule has 2 aromatic heterocycles. The fourth-order valence-electron chi connectivity index (χ4n) is 3.28. The number of rotatable bonds is 6. The Morgan fingerprint density at radius 2 is 1.86 bits per heavy atom. The molecule has 0 aliphatic rings. The second-order valence-electron chi connectivity index (χ2n) is 6.93. The summed E-state index contributed by atoms with van der Waals surface area (Å²) in [5, 5.41) is 3.86. The third kappa shape index (κ3) is 4.50. The number of carbonyl (C=O) groups is 1. The van der Waals surface area contributed by atoms with Gasteiger partial charge in [-0.25, -0.2) is 4.98 Å². The lowest BCUT2D eigenvalue weighted by molar-refractivity contribution is 0.102. The number of halogens is 1. The minimum atomic E-state index is -0.145. The number of amides is 1. The average molecular weight is 421 g/mol. The van der Waals surface area contributed by atoms with Crippen LogP contribution in [0.15, 0.2) is 66.7 Å². The molecule has 0 aliphatic heterocycles. The molecule has 0 saturated carbocycles. The molecule has 0 radical (unpaired) electrons. The summed E-state index contributed by atoms with van der Waals surface area (Å²) in [4.78, 5) is 18.8. The molecule has 4 rings (SSSR count). The van der Waals surface area contributed by atoms with Crippen molar-refractivity contribution in [3.05, 3.63) is 82.2 Å². The van der Waals surface area contributed by atoms with Crippen LogP contribution in [0.5, 0.6) is 0 Å². The van der Waals surface area contributed by atoms with E-state index >= 15 is 0 Å². The van der Waals surface area contributed by atoms with E-state index in [2.05, 4.69) is 24.4 Å². The minimum absolute atomic E-state index is 0.145. The molecule has 2 heterocycles. The van der Waals surface area contributed by atoms with E-state index in [9.17, 15) is 4.79 Å². The molecule has 29 heavy (non-hydrogen) atoms. The molecule has 5 heteroatoms. The van der Waals surface area contributed by atoms with E-state index in [1.165, 1.54) is 29.7 Å². The number of para-hydroxylation sites is 1. The van der Waals surface area contributed by atoms with Gasteiger partial charge in [0.15, 0.2) is 0 Å². The number of carbonyl (C=O) groups excluding carboxylic acids is 1. The number of aryl methyl sites for hydroxylation is 1. The molecule has 0 aliphatic carbocycles. The maximum absolute atomic E-state index is 13.1. The highest BCUT2D eigenvalue weighted by Crippen LogP contribution is 2.32. The molecule has 0 saturated heterocycles. The summed E-state index contributed by atoms with van der Waals surface area (Å²) in [7, 11) is 0. The lowest BCUT2D eigenvalue weighted by Gasteiger charge is -2.10. The van der Waals surface area contributed by atoms with Gasteiger partial charge in [0, 0.05) is 11.1 Å². The highest BCUT2D eigenvalue weighted by atomic mass is 35.5. The van der Waals surface area contributed by atoms with Crippen molar-refractivity contribution in [2.24, 2.45) is 0 Å². The van der Waals surface area contributed by atoms with Crippen molar-refractivity contribution in [1.82, 2.24) is 4.98 Å². The smallest absolute Gasteiger partial charge is 0.256 e. The molecule has 0 fully saturated rings. The number of hydrogen-bond donors (Lipinski definition) is 1. The van der Waals surface area contributed by atoms with Gasteiger partial charge in [-0.3, -0.25) is 4.79 Å². The standard InChI is InChI=1S/C24H21ClN2OS/c1-2-3-6-16-9-11-17(12-10-16)26-24(28)19-15-21(22-13-14-23(25)29-22)27-20-8-5-4-7-18(19)20/h4-5,7-15H,2-3,6H2,1H3,(H,26,28). The summed E-state index contributed by atoms with van der Waals surface area (Å²) in [5.41, 5.74) is 4.22. The molecule has 2 aromatic carbocycles. The van der Waals surface area contributed by atoms with Crippen molar-refractivity contribution in [2.45, 2.75) is 26.2 Å². The lowest BCUT2D eigenvalue weighted by Crippen LogP contribution is -2.13. The van der Waals surface area contributed by atoms with Crippen LogP contribution in [0.25, 0.3) is 21.5 Å². The molecule has 0 atom stereocenters. The number of anilines is 1. The minimum Gasteiger partial charge on any atom is -0.322 e. The molecule has 0 unspecified atom stereocenters. The molecule has 0 spiro atoms. The predicted molar refractivity (Wildman–Crippen MR) is 123 cm³/mol. The van der Waals surface area contributed by atoms with Crippen LogP contribution in [0.1, 0.15) is 35.7 Å². The van der Waals surface area contributed by atoms with Gasteiger partial charge in [-0.2, -0.15) is 0 Å². The Morgan fingerprint density at radius 1 is 1.07 bits per heavy atom. The van der Waals surface area contributed by atoms with Crippen LogP contribution in [0.3, 0.4) is 0 Å². The summed E-state index contributed by atoms with van der Waals surface area (Å²) < 4.78 is 0.698. The first-order valence-corrected chi connectivity index (χ1v) is 10.9. The third-order valence-corrected chi connectivity index (χ3v) is 6.07. The van der Waals surface area contributed by atoms with Crippen LogP contribution in [0, 0.1) is 0 Å². The molecular formula is C24H21ClN2OS. The third-order valence-electron chi connectivity index (χ3n) is 4.82. The Morgan fingerprint density at radius 3 is 2.59 bits per heavy atom. The van der Waals surface area contributed by atoms with Gasteiger partial charge < -0.3 is 5.32 Å². The van der Waals surface area contributed by atoms with Crippen molar-refractivity contribution in [3.63, 3.8) is 0 Å². The van der Waals surface area contributed by atoms with Crippen molar-refractivity contribution >= 4 is 45.4 Å². The highest BCUT2D eigenvalue weighted by Gasteiger charge is 2.15. The van der Waals surface area contributed by atoms with Crippen LogP contribution in [0.2, 0.25) is 4.34 Å². The Kier molecular flexibility index (Phi) is 5.93. The fraction of sp³-hybridized carbons (Fsp3) is 0.167. The van der Waals surface area contributed by atoms with Crippen LogP contribution in [0.4, 0.5) is 5.69 Å². The number of benzene rings is 2. The first kappa shape index (κ1) is 19.6. The fourth-order valence-corrected chi connectivity index (χ4v) is 4.28. The number of unbranched alkanes of at least 4 members (excludes halogenated alkanes) is 1. The van der Waals surface area contributed by atoms with Gasteiger partial charge in [-0.15, -0.1) is 11.3 Å². The van der Waals surface area contributed by atoms with Gasteiger partial charge in [0.2, 0.25) is 0 Å². The largest absolute Gasteiger partial charge is 0.322 e. The maximum Gasteiger partial charge on any atom is 0.256 e. The molecular weight excluding hydrogens is 400 g/mol. The van der Waals surface area contributed by atoms with E-state index in [0.29, 0.717) is 9.90 Å². The predicted octanol–water partition coefficient (Wildman–Crippen LogP) is 7.21. The summed E-state index contributed by atoms with van der Waals surface area (Å²) >= 11 is 7.55. The molecule has 1 N–H and O–H groups in total. The van der Waals surface area contributed by atoms with Gasteiger partial charge in [0.25, 0.3) is 5.91 Å². The zero-order valence-corrected chi connectivity index (χ0v) is 17.7. The summed E-state index contributed by atoms with van der Waals surface area (Å²) in [5.74, 6) is -0.145. The van der Waals surface area contributed by atoms with Crippen molar-refractivity contribution < 1.29 is 4.79 Å². The van der Waals surface area contributed by atoms with Crippen LogP contribution in [-0.2, 0) is 6.42 Å². The molecule has 3 nitrogen and oxygen atoms in total. The first-order valence-electron chi connectivity index (χ1n) is 9.70. The van der Waals surface area contributed by atoms with E-state index < -0.39 is 0 Å². The lowest BCUT2D eigenvalue weighted by atomic mass is 10.1. The van der Waals surface area contributed by atoms with E-state index in [1.807, 2.05) is 54.6 Å². The maximum atomic E-state index is 13.1. The monoisotopic (exact) mass is 420 g/mol. The average Bonchev–Trinajstić information content (AvgIpc) is 3.18. The van der Waals surface area contributed by atoms with Crippen molar-refractivity contribution in [3.8, 4) is 10.6 Å². The van der Waals surface area contributed by atoms with Crippen molar-refractivity contribution in [1.29, 1.82) is 0 Å². The number of pyridine rings is 1. The summed E-state index contributed by atoms with van der Waals surface area (Å²) in [6.07, 6.45) is 3.40. The van der Waals surface area contributed by atoms with Gasteiger partial charge in [0.05, 0.1) is 26.0 Å². The van der Waals surface area contributed by atoms with Gasteiger partial charge >= 0.3 is 0 Å². The van der Waals surface area contributed by atoms with Crippen LogP contribution >= 0.6 is 22.9 Å². The number of nitrogens with zero attached hydrogens (tertiary/aromatic N) is 1. The molecule has 1 amide bonds. The van der Waals surface area contributed by atoms with Gasteiger partial charge in [-0.05, 0) is 54.8 Å². The topological polar surface area (TPSA) is 42.0 Å². The van der Waals surface area contributed by atoms with Gasteiger partial charge in [0.1, 0.15) is 0 Å². The Balaban J connectivity index is 1.66. The number of aromatic nitrogens is 1. The highest BCUT2D eigenvalue weighted by molar-refractivity contribution is 7.19. The second kappa shape index (κ2) is 8.76. The van der Waals surface area contributed by atoms with Crippen molar-refractivity contribution in [2.75, 3.05) is 5.32 Å². The normalized spacial score (nSPS) is 11.0. The zero-order chi connectivity index (χ0) is 20.2. The molecule has 0 bridgehead atoms. The Hall–Kier alpha value is -2.69. The SMILES string of the molecule is CCCCc1ccc(NC(=O)c2cc(-c3ccc(Cl)s3)nc3ccccc23)cc1. The van der Waals surface area contributed by atoms with E-state index in [4.69, 9.17) is 16.6 Å². The molecule has 4 aromatic rings. The second-order valence-corrected chi connectivity index (χ2v) is 8.65. The number of hydrogen-bond acceptors (Lipinski definition) is 3. The zero-order valence-electron chi connectivity index (χ0n) is 16.1. The summed E-state index contributed by atoms with van der Waals surface area (Å²) in [6, 6.07) is 21.4. The number of nitrogens with one attached hydrogen (secondary N) is 1. The number of thiophene rings is 1.